The van der Waals surface area contributed by atoms with E-state index in [0.29, 0.717) is 17.8 Å². The van der Waals surface area contributed by atoms with Gasteiger partial charge in [0.2, 0.25) is 5.91 Å². The Kier molecular flexibility index (Phi) is 4.81. The van der Waals surface area contributed by atoms with Gasteiger partial charge in [0.25, 0.3) is 0 Å². The normalized spacial score (nSPS) is 11.0. The van der Waals surface area contributed by atoms with E-state index >= 15 is 0 Å². The summed E-state index contributed by atoms with van der Waals surface area (Å²) in [4.78, 5) is 14.2. The van der Waals surface area contributed by atoms with Gasteiger partial charge in [-0.05, 0) is 36.4 Å². The minimum absolute atomic E-state index is 0.0457. The first-order chi connectivity index (χ1) is 13.1. The van der Waals surface area contributed by atoms with Crippen molar-refractivity contribution in [3.63, 3.8) is 0 Å². The van der Waals surface area contributed by atoms with Crippen molar-refractivity contribution in [1.29, 1.82) is 0 Å². The number of hydrogen-bond donors (Lipinski definition) is 0. The van der Waals surface area contributed by atoms with Gasteiger partial charge in [-0.1, -0.05) is 45.4 Å². The van der Waals surface area contributed by atoms with E-state index in [2.05, 4.69) is 21.1 Å². The Hall–Kier alpha value is -2.86. The van der Waals surface area contributed by atoms with Gasteiger partial charge in [0, 0.05) is 22.5 Å². The largest absolute Gasteiger partial charge is 0.459 e. The third-order valence-corrected chi connectivity index (χ3v) is 4.91. The highest BCUT2D eigenvalue weighted by Gasteiger charge is 2.17. The Bertz CT molecular complexity index is 1080. The standard InChI is InChI=1S/C21H17BrN2O3/c1-24(21(25)12-18-17-4-2-3-5-20(17)27-23-18)13-16-10-11-19(26-16)14-6-8-15(22)9-7-14/h2-11H,12-13H2,1H3. The Morgan fingerprint density at radius 3 is 2.67 bits per heavy atom. The zero-order valence-electron chi connectivity index (χ0n) is 14.7. The van der Waals surface area contributed by atoms with Crippen LogP contribution in [0.3, 0.4) is 0 Å². The first-order valence-corrected chi connectivity index (χ1v) is 9.31. The predicted molar refractivity (Wildman–Crippen MR) is 106 cm³/mol. The van der Waals surface area contributed by atoms with E-state index in [9.17, 15) is 4.79 Å². The molecule has 4 aromatic rings. The lowest BCUT2D eigenvalue weighted by Gasteiger charge is -2.15. The minimum atomic E-state index is -0.0457. The summed E-state index contributed by atoms with van der Waals surface area (Å²) in [6, 6.07) is 19.3. The molecule has 0 unspecified atom stereocenters. The van der Waals surface area contributed by atoms with E-state index < -0.39 is 0 Å². The number of carbonyl (C=O) groups is 1. The number of furan rings is 1. The Balaban J connectivity index is 1.43. The molecule has 0 saturated carbocycles. The highest BCUT2D eigenvalue weighted by atomic mass is 79.9. The molecule has 0 aliphatic rings. The molecule has 0 aliphatic carbocycles. The molecular weight excluding hydrogens is 408 g/mol. The van der Waals surface area contributed by atoms with Gasteiger partial charge in [0.1, 0.15) is 17.2 Å². The third-order valence-electron chi connectivity index (χ3n) is 4.38. The van der Waals surface area contributed by atoms with Crippen LogP contribution in [0.15, 0.2) is 74.1 Å². The second kappa shape index (κ2) is 7.40. The van der Waals surface area contributed by atoms with Gasteiger partial charge in [-0.2, -0.15) is 0 Å². The molecule has 5 nitrogen and oxygen atoms in total. The molecule has 2 aromatic heterocycles. The molecule has 0 saturated heterocycles. The average Bonchev–Trinajstić information content (AvgIpc) is 3.30. The quantitative estimate of drug-likeness (QED) is 0.449. The van der Waals surface area contributed by atoms with Gasteiger partial charge in [0.15, 0.2) is 5.58 Å². The predicted octanol–water partition coefficient (Wildman–Crippen LogP) is 5.05. The number of nitrogens with zero attached hydrogens (tertiary/aromatic N) is 2. The number of para-hydroxylation sites is 1. The molecule has 0 spiro atoms. The van der Waals surface area contributed by atoms with Crippen LogP contribution >= 0.6 is 15.9 Å². The summed E-state index contributed by atoms with van der Waals surface area (Å²) < 4.78 is 12.2. The van der Waals surface area contributed by atoms with Crippen molar-refractivity contribution in [1.82, 2.24) is 10.1 Å². The molecule has 1 amide bonds. The number of amides is 1. The summed E-state index contributed by atoms with van der Waals surface area (Å²) in [5.41, 5.74) is 2.33. The second-order valence-corrected chi connectivity index (χ2v) is 7.24. The van der Waals surface area contributed by atoms with Crippen LogP contribution in [0.4, 0.5) is 0 Å². The molecule has 0 atom stereocenters. The van der Waals surface area contributed by atoms with Crippen LogP contribution in [-0.4, -0.2) is 23.0 Å². The van der Waals surface area contributed by atoms with Gasteiger partial charge < -0.3 is 13.8 Å². The van der Waals surface area contributed by atoms with Crippen molar-refractivity contribution in [3.05, 3.63) is 76.6 Å². The molecule has 27 heavy (non-hydrogen) atoms. The van der Waals surface area contributed by atoms with Crippen LogP contribution in [-0.2, 0) is 17.8 Å². The number of carbonyl (C=O) groups excluding carboxylic acids is 1. The summed E-state index contributed by atoms with van der Waals surface area (Å²) in [7, 11) is 1.76. The van der Waals surface area contributed by atoms with Crippen molar-refractivity contribution < 1.29 is 13.7 Å². The number of fused-ring (bicyclic) bond motifs is 1. The first kappa shape index (κ1) is 17.5. The Morgan fingerprint density at radius 1 is 1.07 bits per heavy atom. The Labute approximate surface area is 164 Å². The monoisotopic (exact) mass is 424 g/mol. The molecule has 4 rings (SSSR count). The highest BCUT2D eigenvalue weighted by Crippen LogP contribution is 2.25. The van der Waals surface area contributed by atoms with Crippen molar-refractivity contribution in [3.8, 4) is 11.3 Å². The fourth-order valence-electron chi connectivity index (χ4n) is 2.90. The lowest BCUT2D eigenvalue weighted by Crippen LogP contribution is -2.27. The smallest absolute Gasteiger partial charge is 0.228 e. The fraction of sp³-hybridized carbons (Fsp3) is 0.143. The van der Waals surface area contributed by atoms with Crippen molar-refractivity contribution in [2.45, 2.75) is 13.0 Å². The number of likely N-dealkylation sites (N-methyl/N-ethyl adjacent to an activating group) is 1. The summed E-state index contributed by atoms with van der Waals surface area (Å²) in [5, 5.41) is 4.90. The third kappa shape index (κ3) is 3.80. The van der Waals surface area contributed by atoms with Crippen LogP contribution in [0.25, 0.3) is 22.3 Å². The number of aromatic nitrogens is 1. The van der Waals surface area contributed by atoms with Crippen LogP contribution in [0.5, 0.6) is 0 Å². The summed E-state index contributed by atoms with van der Waals surface area (Å²) >= 11 is 3.42. The average molecular weight is 425 g/mol. The number of benzene rings is 2. The van der Waals surface area contributed by atoms with E-state index in [0.717, 1.165) is 26.9 Å². The van der Waals surface area contributed by atoms with Crippen LogP contribution in [0, 0.1) is 0 Å². The molecule has 2 aromatic carbocycles. The molecule has 6 heteroatoms. The minimum Gasteiger partial charge on any atom is -0.459 e. The first-order valence-electron chi connectivity index (χ1n) is 8.52. The topological polar surface area (TPSA) is 59.5 Å². The zero-order chi connectivity index (χ0) is 18.8. The maximum atomic E-state index is 12.6. The van der Waals surface area contributed by atoms with Gasteiger partial charge in [0.05, 0.1) is 13.0 Å². The lowest BCUT2D eigenvalue weighted by molar-refractivity contribution is -0.130. The number of rotatable bonds is 5. The molecule has 2 heterocycles. The van der Waals surface area contributed by atoms with Gasteiger partial charge in [-0.3, -0.25) is 4.79 Å². The summed E-state index contributed by atoms with van der Waals surface area (Å²) in [5.74, 6) is 1.46. The van der Waals surface area contributed by atoms with Crippen molar-refractivity contribution in [2.24, 2.45) is 0 Å². The summed E-state index contributed by atoms with van der Waals surface area (Å²) in [6.45, 7) is 0.394. The van der Waals surface area contributed by atoms with Crippen molar-refractivity contribution in [2.75, 3.05) is 7.05 Å². The molecule has 0 radical (unpaired) electrons. The SMILES string of the molecule is CN(Cc1ccc(-c2ccc(Br)cc2)o1)C(=O)Cc1noc2ccccc12. The van der Waals surface area contributed by atoms with Gasteiger partial charge in [-0.25, -0.2) is 0 Å². The lowest BCUT2D eigenvalue weighted by atomic mass is 10.1. The molecule has 0 N–H and O–H groups in total. The second-order valence-electron chi connectivity index (χ2n) is 6.32. The fourth-order valence-corrected chi connectivity index (χ4v) is 3.16. The van der Waals surface area contributed by atoms with Gasteiger partial charge >= 0.3 is 0 Å². The van der Waals surface area contributed by atoms with Crippen LogP contribution < -0.4 is 0 Å². The van der Waals surface area contributed by atoms with Crippen molar-refractivity contribution >= 4 is 32.8 Å². The van der Waals surface area contributed by atoms with Crippen LogP contribution in [0.2, 0.25) is 0 Å². The molecule has 0 aliphatic heterocycles. The van der Waals surface area contributed by atoms with E-state index in [4.69, 9.17) is 8.94 Å². The molecule has 0 bridgehead atoms. The Morgan fingerprint density at radius 2 is 1.85 bits per heavy atom. The maximum absolute atomic E-state index is 12.6. The van der Waals surface area contributed by atoms with E-state index in [-0.39, 0.29) is 12.3 Å². The zero-order valence-corrected chi connectivity index (χ0v) is 16.3. The molecule has 0 fully saturated rings. The van der Waals surface area contributed by atoms with E-state index in [1.54, 1.807) is 11.9 Å². The summed E-state index contributed by atoms with van der Waals surface area (Å²) in [6.07, 6.45) is 0.188. The highest BCUT2D eigenvalue weighted by molar-refractivity contribution is 9.10. The molecule has 136 valence electrons. The van der Waals surface area contributed by atoms with E-state index in [1.807, 2.05) is 60.7 Å². The molecular formula is C21H17BrN2O3. The number of halogens is 1. The maximum Gasteiger partial charge on any atom is 0.228 e. The number of hydrogen-bond acceptors (Lipinski definition) is 4. The van der Waals surface area contributed by atoms with E-state index in [1.165, 1.54) is 0 Å². The van der Waals surface area contributed by atoms with Gasteiger partial charge in [-0.15, -0.1) is 0 Å². The van der Waals surface area contributed by atoms with Crippen LogP contribution in [0.1, 0.15) is 11.5 Å².